The zero-order valence-electron chi connectivity index (χ0n) is 12.3. The average molecular weight is 321 g/mol. The lowest BCUT2D eigenvalue weighted by Gasteiger charge is -2.14. The second-order valence-corrected chi connectivity index (χ2v) is 6.31. The van der Waals surface area contributed by atoms with Crippen molar-refractivity contribution < 1.29 is 18.0 Å². The van der Waals surface area contributed by atoms with Gasteiger partial charge in [-0.1, -0.05) is 25.6 Å². The van der Waals surface area contributed by atoms with Gasteiger partial charge < -0.3 is 5.32 Å². The summed E-state index contributed by atoms with van der Waals surface area (Å²) in [7, 11) is 0. The maximum atomic E-state index is 12.1. The minimum atomic E-state index is -4.41. The van der Waals surface area contributed by atoms with E-state index in [9.17, 15) is 18.0 Å². The van der Waals surface area contributed by atoms with Gasteiger partial charge in [-0.2, -0.15) is 13.2 Å². The maximum Gasteiger partial charge on any atom is 0.405 e. The minimum Gasteiger partial charge on any atom is -0.346 e. The zero-order chi connectivity index (χ0) is 16.2. The minimum absolute atomic E-state index is 0.138. The Kier molecular flexibility index (Phi) is 6.00. The molecule has 0 aromatic carbocycles. The van der Waals surface area contributed by atoms with Crippen LogP contribution in [-0.4, -0.2) is 33.8 Å². The highest BCUT2D eigenvalue weighted by Gasteiger charge is 2.29. The lowest BCUT2D eigenvalue weighted by molar-refractivity contribution is -0.137. The Hall–Kier alpha value is -1.31. The largest absolute Gasteiger partial charge is 0.405 e. The number of aryl methyl sites for hydroxylation is 1. The fourth-order valence-corrected chi connectivity index (χ4v) is 2.38. The molecule has 0 fully saturated rings. The molecule has 1 rings (SSSR count). The Balaban J connectivity index is 2.70. The van der Waals surface area contributed by atoms with E-state index >= 15 is 0 Å². The lowest BCUT2D eigenvalue weighted by atomic mass is 10.2. The number of carbonyl (C=O) groups is 1. The smallest absolute Gasteiger partial charge is 0.346 e. The van der Waals surface area contributed by atoms with Gasteiger partial charge in [0.05, 0.1) is 5.25 Å². The molecular formula is C13H18F3N3OS. The molecule has 0 spiro atoms. The number of halogens is 3. The van der Waals surface area contributed by atoms with E-state index in [-0.39, 0.29) is 5.92 Å². The summed E-state index contributed by atoms with van der Waals surface area (Å²) in [6.07, 6.45) is -4.41. The van der Waals surface area contributed by atoms with Gasteiger partial charge >= 0.3 is 6.18 Å². The van der Waals surface area contributed by atoms with E-state index in [1.165, 1.54) is 0 Å². The summed E-state index contributed by atoms with van der Waals surface area (Å²) in [4.78, 5) is 20.2. The fourth-order valence-electron chi connectivity index (χ4n) is 1.45. The second kappa shape index (κ2) is 7.11. The lowest BCUT2D eigenvalue weighted by Crippen LogP contribution is -2.38. The average Bonchev–Trinajstić information content (AvgIpc) is 2.34. The van der Waals surface area contributed by atoms with Crippen LogP contribution in [0.3, 0.4) is 0 Å². The summed E-state index contributed by atoms with van der Waals surface area (Å²) in [6, 6.07) is 1.71. The highest BCUT2D eigenvalue weighted by molar-refractivity contribution is 8.00. The monoisotopic (exact) mass is 321 g/mol. The molecule has 1 amide bonds. The molecule has 1 aromatic heterocycles. The Morgan fingerprint density at radius 1 is 1.33 bits per heavy atom. The molecule has 21 heavy (non-hydrogen) atoms. The Bertz CT molecular complexity index is 506. The standard InChI is InChI=1S/C13H18F3N3OS/c1-7(2)11-18-8(3)5-10(19-11)21-9(4)12(20)17-6-13(14,15)16/h5,7,9H,6H2,1-4H3,(H,17,20). The van der Waals surface area contributed by atoms with Gasteiger partial charge in [0.2, 0.25) is 5.91 Å². The van der Waals surface area contributed by atoms with Gasteiger partial charge in [0, 0.05) is 11.6 Å². The molecule has 1 N–H and O–H groups in total. The van der Waals surface area contributed by atoms with E-state index < -0.39 is 23.9 Å². The first-order valence-electron chi connectivity index (χ1n) is 6.45. The summed E-state index contributed by atoms with van der Waals surface area (Å²) < 4.78 is 36.2. The predicted molar refractivity (Wildman–Crippen MR) is 75.2 cm³/mol. The van der Waals surface area contributed by atoms with Crippen LogP contribution in [0.15, 0.2) is 11.1 Å². The van der Waals surface area contributed by atoms with Crippen molar-refractivity contribution in [1.29, 1.82) is 0 Å². The summed E-state index contributed by atoms with van der Waals surface area (Å²) >= 11 is 1.12. The van der Waals surface area contributed by atoms with Crippen molar-refractivity contribution in [3.05, 3.63) is 17.6 Å². The van der Waals surface area contributed by atoms with Crippen LogP contribution in [0, 0.1) is 6.92 Å². The molecule has 1 heterocycles. The van der Waals surface area contributed by atoms with E-state index in [0.29, 0.717) is 10.9 Å². The number of nitrogens with one attached hydrogen (secondary N) is 1. The van der Waals surface area contributed by atoms with Crippen molar-refractivity contribution in [3.8, 4) is 0 Å². The summed E-state index contributed by atoms with van der Waals surface area (Å²) in [5, 5.41) is 1.79. The van der Waals surface area contributed by atoms with Gasteiger partial charge in [-0.3, -0.25) is 4.79 Å². The first-order valence-corrected chi connectivity index (χ1v) is 7.33. The predicted octanol–water partition coefficient (Wildman–Crippen LogP) is 3.07. The molecule has 4 nitrogen and oxygen atoms in total. The highest BCUT2D eigenvalue weighted by atomic mass is 32.2. The van der Waals surface area contributed by atoms with Crippen LogP contribution in [0.5, 0.6) is 0 Å². The van der Waals surface area contributed by atoms with Gasteiger partial charge in [-0.25, -0.2) is 9.97 Å². The van der Waals surface area contributed by atoms with Crippen LogP contribution in [0.2, 0.25) is 0 Å². The van der Waals surface area contributed by atoms with Crippen LogP contribution in [0.25, 0.3) is 0 Å². The molecule has 0 radical (unpaired) electrons. The second-order valence-electron chi connectivity index (χ2n) is 4.95. The number of rotatable bonds is 5. The molecule has 0 saturated heterocycles. The number of hydrogen-bond donors (Lipinski definition) is 1. The van der Waals surface area contributed by atoms with Gasteiger partial charge in [-0.15, -0.1) is 0 Å². The number of hydrogen-bond acceptors (Lipinski definition) is 4. The van der Waals surface area contributed by atoms with Crippen LogP contribution in [0.1, 0.15) is 38.2 Å². The van der Waals surface area contributed by atoms with Gasteiger partial charge in [0.1, 0.15) is 17.4 Å². The quantitative estimate of drug-likeness (QED) is 0.669. The number of nitrogens with zero attached hydrogens (tertiary/aromatic N) is 2. The zero-order valence-corrected chi connectivity index (χ0v) is 13.1. The van der Waals surface area contributed by atoms with E-state index in [1.54, 1.807) is 13.0 Å². The van der Waals surface area contributed by atoms with Crippen molar-refractivity contribution in [2.45, 2.75) is 50.1 Å². The van der Waals surface area contributed by atoms with Crippen molar-refractivity contribution in [3.63, 3.8) is 0 Å². The summed E-state index contributed by atoms with van der Waals surface area (Å²) in [5.74, 6) is 0.124. The summed E-state index contributed by atoms with van der Waals surface area (Å²) in [5.41, 5.74) is 0.763. The number of amides is 1. The molecule has 0 saturated carbocycles. The first-order chi connectivity index (χ1) is 9.58. The van der Waals surface area contributed by atoms with Crippen molar-refractivity contribution in [2.75, 3.05) is 6.54 Å². The first kappa shape index (κ1) is 17.7. The van der Waals surface area contributed by atoms with Crippen molar-refractivity contribution >= 4 is 17.7 Å². The van der Waals surface area contributed by atoms with E-state index in [0.717, 1.165) is 17.5 Å². The number of alkyl halides is 3. The molecule has 0 aliphatic heterocycles. The molecule has 1 aromatic rings. The molecule has 1 unspecified atom stereocenters. The Morgan fingerprint density at radius 3 is 2.48 bits per heavy atom. The van der Waals surface area contributed by atoms with Crippen LogP contribution < -0.4 is 5.32 Å². The van der Waals surface area contributed by atoms with Gasteiger partial charge in [-0.05, 0) is 19.9 Å². The van der Waals surface area contributed by atoms with E-state index in [4.69, 9.17) is 0 Å². The SMILES string of the molecule is Cc1cc(SC(C)C(=O)NCC(F)(F)F)nc(C(C)C)n1. The van der Waals surface area contributed by atoms with E-state index in [2.05, 4.69) is 9.97 Å². The normalized spacial score (nSPS) is 13.3. The molecule has 1 atom stereocenters. The van der Waals surface area contributed by atoms with Gasteiger partial charge in [0.25, 0.3) is 0 Å². The van der Waals surface area contributed by atoms with Gasteiger partial charge in [0.15, 0.2) is 0 Å². The van der Waals surface area contributed by atoms with Crippen molar-refractivity contribution in [2.24, 2.45) is 0 Å². The Labute approximate surface area is 125 Å². The van der Waals surface area contributed by atoms with Crippen LogP contribution in [-0.2, 0) is 4.79 Å². The fraction of sp³-hybridized carbons (Fsp3) is 0.615. The Morgan fingerprint density at radius 2 is 1.95 bits per heavy atom. The van der Waals surface area contributed by atoms with Crippen LogP contribution in [0.4, 0.5) is 13.2 Å². The third-order valence-corrected chi connectivity index (χ3v) is 3.51. The number of carbonyl (C=O) groups excluding carboxylic acids is 1. The molecule has 118 valence electrons. The number of thioether (sulfide) groups is 1. The molecule has 0 aliphatic rings. The molecule has 0 bridgehead atoms. The van der Waals surface area contributed by atoms with Crippen molar-refractivity contribution in [1.82, 2.24) is 15.3 Å². The molecular weight excluding hydrogens is 303 g/mol. The maximum absolute atomic E-state index is 12.1. The third-order valence-electron chi connectivity index (χ3n) is 2.49. The number of aromatic nitrogens is 2. The molecule has 0 aliphatic carbocycles. The molecule has 8 heteroatoms. The van der Waals surface area contributed by atoms with E-state index in [1.807, 2.05) is 26.1 Å². The highest BCUT2D eigenvalue weighted by Crippen LogP contribution is 2.24. The third kappa shape index (κ3) is 6.33. The topological polar surface area (TPSA) is 54.9 Å². The van der Waals surface area contributed by atoms with Crippen LogP contribution >= 0.6 is 11.8 Å². The summed E-state index contributed by atoms with van der Waals surface area (Å²) in [6.45, 7) is 5.93.